The monoisotopic (exact) mass is 312 g/mol. The largest absolute Gasteiger partial charge is 0.398 e. The first-order chi connectivity index (χ1) is 10.7. The molecule has 6 N–H and O–H groups in total. The van der Waals surface area contributed by atoms with Gasteiger partial charge in [0.15, 0.2) is 0 Å². The minimum atomic E-state index is 0.261. The fraction of sp³-hybridized carbons (Fsp3) is 0. The van der Waals surface area contributed by atoms with E-state index in [0.29, 0.717) is 11.4 Å². The van der Waals surface area contributed by atoms with E-state index in [1.807, 2.05) is 36.4 Å². The Morgan fingerprint density at radius 1 is 0.818 bits per heavy atom. The average molecular weight is 312 g/mol. The first-order valence-electron chi connectivity index (χ1n) is 6.48. The van der Waals surface area contributed by atoms with Crippen molar-refractivity contribution in [2.75, 3.05) is 11.5 Å². The molecule has 0 fully saturated rings. The van der Waals surface area contributed by atoms with Crippen LogP contribution in [0.3, 0.4) is 0 Å². The van der Waals surface area contributed by atoms with Crippen LogP contribution in [-0.2, 0) is 0 Å². The summed E-state index contributed by atoms with van der Waals surface area (Å²) >= 11 is 5.04. The van der Waals surface area contributed by atoms with Crippen molar-refractivity contribution in [2.24, 2.45) is 10.2 Å². The Morgan fingerprint density at radius 3 is 1.64 bits per heavy atom. The maximum atomic E-state index is 5.79. The van der Waals surface area contributed by atoms with Crippen LogP contribution in [0.5, 0.6) is 0 Å². The highest BCUT2D eigenvalue weighted by molar-refractivity contribution is 7.80. The Labute approximate surface area is 133 Å². The summed E-state index contributed by atoms with van der Waals surface area (Å²) < 4.78 is 0. The number of nitrogens with zero attached hydrogens (tertiary/aromatic N) is 2. The highest BCUT2D eigenvalue weighted by atomic mass is 32.1. The van der Waals surface area contributed by atoms with Crippen molar-refractivity contribution in [3.8, 4) is 0 Å². The molecule has 2 rings (SSSR count). The van der Waals surface area contributed by atoms with Gasteiger partial charge >= 0.3 is 0 Å². The highest BCUT2D eigenvalue weighted by Gasteiger charge is 1.95. The molecule has 2 aromatic rings. The van der Waals surface area contributed by atoms with Gasteiger partial charge in [0.25, 0.3) is 0 Å². The van der Waals surface area contributed by atoms with Gasteiger partial charge in [0, 0.05) is 22.5 Å². The van der Waals surface area contributed by atoms with Gasteiger partial charge in [0.05, 0.1) is 12.4 Å². The Kier molecular flexibility index (Phi) is 5.44. The fourth-order valence-corrected chi connectivity index (χ4v) is 1.71. The lowest BCUT2D eigenvalue weighted by Gasteiger charge is -2.02. The quantitative estimate of drug-likeness (QED) is 0.298. The van der Waals surface area contributed by atoms with Crippen LogP contribution in [0, 0.1) is 0 Å². The van der Waals surface area contributed by atoms with E-state index in [9.17, 15) is 0 Å². The van der Waals surface area contributed by atoms with E-state index < -0.39 is 0 Å². The number of hydrazone groups is 2. The normalized spacial score (nSPS) is 10.9. The maximum absolute atomic E-state index is 5.79. The molecule has 0 aromatic heterocycles. The number of nitrogens with one attached hydrogen (secondary N) is 2. The Balaban J connectivity index is 1.84. The van der Waals surface area contributed by atoms with Gasteiger partial charge < -0.3 is 11.5 Å². The molecule has 0 saturated heterocycles. The van der Waals surface area contributed by atoms with E-state index in [1.54, 1.807) is 24.6 Å². The highest BCUT2D eigenvalue weighted by Crippen LogP contribution is 2.07. The van der Waals surface area contributed by atoms with Crippen molar-refractivity contribution in [2.45, 2.75) is 0 Å². The predicted molar refractivity (Wildman–Crippen MR) is 95.8 cm³/mol. The molecule has 0 bridgehead atoms. The Hall–Kier alpha value is -2.93. The number of hydrogen-bond donors (Lipinski definition) is 4. The Bertz CT molecular complexity index is 651. The minimum absolute atomic E-state index is 0.261. The first kappa shape index (κ1) is 15.5. The zero-order valence-electron chi connectivity index (χ0n) is 11.7. The van der Waals surface area contributed by atoms with Gasteiger partial charge in [-0.15, -0.1) is 0 Å². The summed E-state index contributed by atoms with van der Waals surface area (Å²) in [5.74, 6) is 0. The third-order valence-corrected chi connectivity index (χ3v) is 2.91. The van der Waals surface area contributed by atoms with E-state index in [-0.39, 0.29) is 5.11 Å². The van der Waals surface area contributed by atoms with Gasteiger partial charge in [-0.05, 0) is 24.4 Å². The molecular weight excluding hydrogens is 296 g/mol. The lowest BCUT2D eigenvalue weighted by molar-refractivity contribution is 0.935. The van der Waals surface area contributed by atoms with Crippen molar-refractivity contribution in [3.05, 3.63) is 59.7 Å². The van der Waals surface area contributed by atoms with E-state index in [2.05, 4.69) is 21.1 Å². The summed E-state index contributed by atoms with van der Waals surface area (Å²) in [6, 6.07) is 14.8. The van der Waals surface area contributed by atoms with E-state index in [1.165, 1.54) is 0 Å². The minimum Gasteiger partial charge on any atom is -0.398 e. The van der Waals surface area contributed by atoms with E-state index >= 15 is 0 Å². The third kappa shape index (κ3) is 4.57. The molecule has 112 valence electrons. The number of rotatable bonds is 4. The SMILES string of the molecule is Nc1ccccc1/C=N/NC(=S)N/N=C/c1ccccc1N. The molecular formula is C15H16N6S. The summed E-state index contributed by atoms with van der Waals surface area (Å²) in [7, 11) is 0. The van der Waals surface area contributed by atoms with Gasteiger partial charge in [-0.1, -0.05) is 36.4 Å². The van der Waals surface area contributed by atoms with Crippen LogP contribution in [0.2, 0.25) is 0 Å². The zero-order valence-corrected chi connectivity index (χ0v) is 12.5. The predicted octanol–water partition coefficient (Wildman–Crippen LogP) is 1.68. The van der Waals surface area contributed by atoms with Crippen LogP contribution in [0.4, 0.5) is 11.4 Å². The Morgan fingerprint density at radius 2 is 1.23 bits per heavy atom. The van der Waals surface area contributed by atoms with Crippen LogP contribution in [0.25, 0.3) is 0 Å². The van der Waals surface area contributed by atoms with E-state index in [0.717, 1.165) is 11.1 Å². The summed E-state index contributed by atoms with van der Waals surface area (Å²) in [6.45, 7) is 0. The lowest BCUT2D eigenvalue weighted by atomic mass is 10.2. The number of benzene rings is 2. The standard InChI is InChI=1S/C15H16N6S/c16-13-7-3-1-5-11(13)9-18-20-15(22)21-19-10-12-6-2-4-8-14(12)17/h1-10H,16-17H2,(H2,20,21,22)/b18-9+,19-10+. The van der Waals surface area contributed by atoms with Crippen molar-refractivity contribution < 1.29 is 0 Å². The topological polar surface area (TPSA) is 101 Å². The fourth-order valence-electron chi connectivity index (χ4n) is 1.60. The second-order valence-corrected chi connectivity index (χ2v) is 4.74. The molecule has 0 aliphatic carbocycles. The molecule has 0 heterocycles. The number of para-hydroxylation sites is 2. The average Bonchev–Trinajstić information content (AvgIpc) is 2.51. The molecule has 22 heavy (non-hydrogen) atoms. The lowest BCUT2D eigenvalue weighted by Crippen LogP contribution is -2.28. The molecule has 0 amide bonds. The van der Waals surface area contributed by atoms with Crippen molar-refractivity contribution >= 4 is 41.1 Å². The number of thiocarbonyl (C=S) groups is 1. The van der Waals surface area contributed by atoms with Gasteiger partial charge in [0.2, 0.25) is 5.11 Å². The zero-order chi connectivity index (χ0) is 15.8. The summed E-state index contributed by atoms with van der Waals surface area (Å²) in [4.78, 5) is 0. The molecule has 0 unspecified atom stereocenters. The van der Waals surface area contributed by atoms with Crippen LogP contribution in [-0.4, -0.2) is 17.5 Å². The molecule has 6 nitrogen and oxygen atoms in total. The number of anilines is 2. The molecule has 0 spiro atoms. The number of hydrogen-bond acceptors (Lipinski definition) is 5. The first-order valence-corrected chi connectivity index (χ1v) is 6.89. The van der Waals surface area contributed by atoms with Crippen LogP contribution in [0.15, 0.2) is 58.7 Å². The van der Waals surface area contributed by atoms with Crippen molar-refractivity contribution in [1.82, 2.24) is 10.9 Å². The number of nitrogen functional groups attached to an aromatic ring is 2. The van der Waals surface area contributed by atoms with Gasteiger partial charge in [-0.25, -0.2) is 0 Å². The van der Waals surface area contributed by atoms with Crippen LogP contribution in [0.1, 0.15) is 11.1 Å². The van der Waals surface area contributed by atoms with Crippen LogP contribution < -0.4 is 22.3 Å². The maximum Gasteiger partial charge on any atom is 0.207 e. The molecule has 0 aliphatic heterocycles. The number of nitrogens with two attached hydrogens (primary N) is 2. The molecule has 0 saturated carbocycles. The van der Waals surface area contributed by atoms with Gasteiger partial charge in [-0.3, -0.25) is 10.9 Å². The smallest absolute Gasteiger partial charge is 0.207 e. The molecule has 0 radical (unpaired) electrons. The second kappa shape index (κ2) is 7.75. The van der Waals surface area contributed by atoms with Gasteiger partial charge in [0.1, 0.15) is 0 Å². The van der Waals surface area contributed by atoms with Gasteiger partial charge in [-0.2, -0.15) is 10.2 Å². The third-order valence-electron chi connectivity index (χ3n) is 2.73. The molecule has 2 aromatic carbocycles. The summed E-state index contributed by atoms with van der Waals surface area (Å²) in [5, 5.41) is 8.24. The molecule has 0 atom stereocenters. The van der Waals surface area contributed by atoms with E-state index in [4.69, 9.17) is 23.7 Å². The molecule has 7 heteroatoms. The second-order valence-electron chi connectivity index (χ2n) is 4.33. The summed E-state index contributed by atoms with van der Waals surface area (Å²) in [6.07, 6.45) is 3.17. The van der Waals surface area contributed by atoms with Crippen LogP contribution >= 0.6 is 12.2 Å². The summed E-state index contributed by atoms with van der Waals surface area (Å²) in [5.41, 5.74) is 19.8. The molecule has 0 aliphatic rings. The van der Waals surface area contributed by atoms with Crippen molar-refractivity contribution in [3.63, 3.8) is 0 Å². The van der Waals surface area contributed by atoms with Crippen molar-refractivity contribution in [1.29, 1.82) is 0 Å².